The van der Waals surface area contributed by atoms with Crippen LogP contribution >= 0.6 is 22.9 Å². The minimum atomic E-state index is -3.45. The van der Waals surface area contributed by atoms with Gasteiger partial charge in [-0.15, -0.1) is 11.3 Å². The Balaban J connectivity index is 1.96. The monoisotopic (exact) mass is 327 g/mol. The molecule has 1 aromatic heterocycles. The van der Waals surface area contributed by atoms with Gasteiger partial charge in [-0.1, -0.05) is 17.7 Å². The highest BCUT2D eigenvalue weighted by Gasteiger charge is 2.36. The quantitative estimate of drug-likeness (QED) is 0.856. The lowest BCUT2D eigenvalue weighted by Crippen LogP contribution is -2.30. The van der Waals surface area contributed by atoms with Crippen molar-refractivity contribution in [1.82, 2.24) is 4.31 Å². The van der Waals surface area contributed by atoms with Crippen LogP contribution in [-0.2, 0) is 10.0 Å². The first-order valence-corrected chi connectivity index (χ1v) is 9.09. The van der Waals surface area contributed by atoms with E-state index in [1.54, 1.807) is 39.9 Å². The molecule has 0 N–H and O–H groups in total. The van der Waals surface area contributed by atoms with Crippen molar-refractivity contribution in [3.8, 4) is 0 Å². The van der Waals surface area contributed by atoms with Crippen LogP contribution in [0.1, 0.15) is 23.8 Å². The Morgan fingerprint density at radius 3 is 2.60 bits per heavy atom. The second kappa shape index (κ2) is 5.48. The van der Waals surface area contributed by atoms with Crippen LogP contribution in [0.2, 0.25) is 5.02 Å². The summed E-state index contributed by atoms with van der Waals surface area (Å²) in [6.45, 7) is 0.577. The summed E-state index contributed by atoms with van der Waals surface area (Å²) in [5.74, 6) is 0. The molecule has 0 amide bonds. The van der Waals surface area contributed by atoms with Crippen LogP contribution in [0.15, 0.2) is 46.7 Å². The highest BCUT2D eigenvalue weighted by molar-refractivity contribution is 7.89. The Morgan fingerprint density at radius 2 is 1.95 bits per heavy atom. The first-order chi connectivity index (χ1) is 9.59. The summed E-state index contributed by atoms with van der Waals surface area (Å²) in [5.41, 5.74) is 0. The molecule has 106 valence electrons. The SMILES string of the molecule is O=S(=O)(c1ccc(Cl)cc1)N1CCCC1c1cccs1. The molecule has 0 spiro atoms. The summed E-state index contributed by atoms with van der Waals surface area (Å²) in [6.07, 6.45) is 1.78. The van der Waals surface area contributed by atoms with E-state index in [-0.39, 0.29) is 6.04 Å². The van der Waals surface area contributed by atoms with Crippen LogP contribution < -0.4 is 0 Å². The van der Waals surface area contributed by atoms with Gasteiger partial charge in [0.25, 0.3) is 0 Å². The van der Waals surface area contributed by atoms with E-state index in [4.69, 9.17) is 11.6 Å². The maximum absolute atomic E-state index is 12.7. The fourth-order valence-electron chi connectivity index (χ4n) is 2.54. The van der Waals surface area contributed by atoms with Crippen LogP contribution in [0.25, 0.3) is 0 Å². The molecule has 1 unspecified atom stereocenters. The van der Waals surface area contributed by atoms with E-state index in [0.29, 0.717) is 16.5 Å². The molecule has 1 atom stereocenters. The summed E-state index contributed by atoms with van der Waals surface area (Å²) in [7, 11) is -3.45. The Kier molecular flexibility index (Phi) is 3.86. The second-order valence-electron chi connectivity index (χ2n) is 4.74. The van der Waals surface area contributed by atoms with E-state index in [2.05, 4.69) is 0 Å². The molecule has 1 aliphatic rings. The molecule has 1 aliphatic heterocycles. The lowest BCUT2D eigenvalue weighted by Gasteiger charge is -2.23. The van der Waals surface area contributed by atoms with Gasteiger partial charge >= 0.3 is 0 Å². The molecule has 2 heterocycles. The van der Waals surface area contributed by atoms with Gasteiger partial charge in [-0.3, -0.25) is 0 Å². The van der Waals surface area contributed by atoms with Crippen LogP contribution in [0.3, 0.4) is 0 Å². The maximum Gasteiger partial charge on any atom is 0.243 e. The fraction of sp³-hybridized carbons (Fsp3) is 0.286. The minimum absolute atomic E-state index is 0.0318. The van der Waals surface area contributed by atoms with Gasteiger partial charge in [0, 0.05) is 16.4 Å². The predicted molar refractivity (Wildman–Crippen MR) is 81.6 cm³/mol. The van der Waals surface area contributed by atoms with E-state index < -0.39 is 10.0 Å². The van der Waals surface area contributed by atoms with Crippen molar-refractivity contribution in [3.05, 3.63) is 51.7 Å². The topological polar surface area (TPSA) is 37.4 Å². The highest BCUT2D eigenvalue weighted by Crippen LogP contribution is 2.38. The average molecular weight is 328 g/mol. The Bertz CT molecular complexity index is 680. The molecule has 0 radical (unpaired) electrons. The van der Waals surface area contributed by atoms with Crippen molar-refractivity contribution in [2.45, 2.75) is 23.8 Å². The van der Waals surface area contributed by atoms with Crippen LogP contribution in [0.5, 0.6) is 0 Å². The largest absolute Gasteiger partial charge is 0.243 e. The first-order valence-electron chi connectivity index (χ1n) is 6.40. The summed E-state index contributed by atoms with van der Waals surface area (Å²) in [6, 6.07) is 10.3. The van der Waals surface area contributed by atoms with Crippen LogP contribution in [0, 0.1) is 0 Å². The highest BCUT2D eigenvalue weighted by atomic mass is 35.5. The minimum Gasteiger partial charge on any atom is -0.207 e. The van der Waals surface area contributed by atoms with E-state index in [0.717, 1.165) is 17.7 Å². The number of halogens is 1. The number of nitrogens with zero attached hydrogens (tertiary/aromatic N) is 1. The summed E-state index contributed by atoms with van der Waals surface area (Å²) < 4.78 is 27.1. The van der Waals surface area contributed by atoms with E-state index in [9.17, 15) is 8.42 Å². The van der Waals surface area contributed by atoms with E-state index in [1.807, 2.05) is 17.5 Å². The Labute approximate surface area is 127 Å². The normalized spacial score (nSPS) is 20.4. The molecule has 1 aromatic carbocycles. The van der Waals surface area contributed by atoms with Crippen molar-refractivity contribution < 1.29 is 8.42 Å². The first kappa shape index (κ1) is 14.1. The lowest BCUT2D eigenvalue weighted by molar-refractivity contribution is 0.401. The predicted octanol–water partition coefficient (Wildman–Crippen LogP) is 3.93. The van der Waals surface area contributed by atoms with Gasteiger partial charge in [-0.25, -0.2) is 8.42 Å². The number of hydrogen-bond donors (Lipinski definition) is 0. The third-order valence-electron chi connectivity index (χ3n) is 3.50. The number of thiophene rings is 1. The molecule has 3 rings (SSSR count). The summed E-state index contributed by atoms with van der Waals surface area (Å²) >= 11 is 7.44. The van der Waals surface area contributed by atoms with Gasteiger partial charge in [0.2, 0.25) is 10.0 Å². The number of rotatable bonds is 3. The summed E-state index contributed by atoms with van der Waals surface area (Å²) in [5, 5.41) is 2.53. The van der Waals surface area contributed by atoms with Crippen LogP contribution in [-0.4, -0.2) is 19.3 Å². The fourth-order valence-corrected chi connectivity index (χ4v) is 5.28. The maximum atomic E-state index is 12.7. The van der Waals surface area contributed by atoms with Crippen molar-refractivity contribution >= 4 is 33.0 Å². The zero-order chi connectivity index (χ0) is 14.2. The number of benzene rings is 1. The molecule has 0 saturated carbocycles. The smallest absolute Gasteiger partial charge is 0.207 e. The zero-order valence-corrected chi connectivity index (χ0v) is 13.1. The van der Waals surface area contributed by atoms with Gasteiger partial charge in [-0.05, 0) is 48.6 Å². The van der Waals surface area contributed by atoms with Crippen molar-refractivity contribution in [1.29, 1.82) is 0 Å². The molecule has 0 aliphatic carbocycles. The second-order valence-corrected chi connectivity index (χ2v) is 8.05. The third-order valence-corrected chi connectivity index (χ3v) is 6.64. The van der Waals surface area contributed by atoms with Gasteiger partial charge in [0.15, 0.2) is 0 Å². The molecular formula is C14H14ClNO2S2. The standard InChI is InChI=1S/C14H14ClNO2S2/c15-11-5-7-12(8-6-11)20(17,18)16-9-1-3-13(16)14-4-2-10-19-14/h2,4-8,10,13H,1,3,9H2. The molecule has 1 fully saturated rings. The molecule has 0 bridgehead atoms. The van der Waals surface area contributed by atoms with Crippen molar-refractivity contribution in [2.75, 3.05) is 6.54 Å². The molecule has 2 aromatic rings. The van der Waals surface area contributed by atoms with Crippen LogP contribution in [0.4, 0.5) is 0 Å². The molecule has 3 nitrogen and oxygen atoms in total. The van der Waals surface area contributed by atoms with Gasteiger partial charge < -0.3 is 0 Å². The summed E-state index contributed by atoms with van der Waals surface area (Å²) in [4.78, 5) is 1.42. The number of hydrogen-bond acceptors (Lipinski definition) is 3. The van der Waals surface area contributed by atoms with Gasteiger partial charge in [0.05, 0.1) is 10.9 Å². The van der Waals surface area contributed by atoms with E-state index in [1.165, 1.54) is 0 Å². The average Bonchev–Trinajstić information content (AvgIpc) is 3.10. The Morgan fingerprint density at radius 1 is 1.20 bits per heavy atom. The zero-order valence-electron chi connectivity index (χ0n) is 10.7. The van der Waals surface area contributed by atoms with Crippen molar-refractivity contribution in [2.24, 2.45) is 0 Å². The van der Waals surface area contributed by atoms with E-state index >= 15 is 0 Å². The lowest BCUT2D eigenvalue weighted by atomic mass is 10.2. The molecule has 1 saturated heterocycles. The number of sulfonamides is 1. The molecule has 20 heavy (non-hydrogen) atoms. The van der Waals surface area contributed by atoms with Gasteiger partial charge in [-0.2, -0.15) is 4.31 Å². The molecular weight excluding hydrogens is 314 g/mol. The molecule has 6 heteroatoms. The van der Waals surface area contributed by atoms with Crippen molar-refractivity contribution in [3.63, 3.8) is 0 Å². The third kappa shape index (κ3) is 2.51. The Hall–Kier alpha value is -0.880. The van der Waals surface area contributed by atoms with Gasteiger partial charge in [0.1, 0.15) is 0 Å².